The van der Waals surface area contributed by atoms with Crippen molar-refractivity contribution in [3.8, 4) is 0 Å². The molecule has 158 valence electrons. The van der Waals surface area contributed by atoms with E-state index in [0.29, 0.717) is 0 Å². The highest BCUT2D eigenvalue weighted by molar-refractivity contribution is 7.99. The number of hydrogen-bond acceptors (Lipinski definition) is 1. The normalized spacial score (nSPS) is 11.3. The van der Waals surface area contributed by atoms with E-state index < -0.39 is 0 Å². The van der Waals surface area contributed by atoms with Gasteiger partial charge in [0.2, 0.25) is 0 Å². The van der Waals surface area contributed by atoms with Gasteiger partial charge in [-0.3, -0.25) is 0 Å². The third-order valence-electron chi connectivity index (χ3n) is 5.53. The molecule has 0 atom stereocenters. The van der Waals surface area contributed by atoms with E-state index in [1.807, 2.05) is 0 Å². The van der Waals surface area contributed by atoms with Gasteiger partial charge in [-0.15, -0.1) is 0 Å². The summed E-state index contributed by atoms with van der Waals surface area (Å²) in [5.74, 6) is 2.82. The Bertz CT molecular complexity index is 202. The van der Waals surface area contributed by atoms with Crippen molar-refractivity contribution in [1.29, 1.82) is 0 Å². The third-order valence-corrected chi connectivity index (χ3v) is 6.69. The van der Waals surface area contributed by atoms with Gasteiger partial charge in [0.25, 0.3) is 0 Å². The molecule has 0 heterocycles. The van der Waals surface area contributed by atoms with E-state index in [4.69, 9.17) is 0 Å². The predicted molar refractivity (Wildman–Crippen MR) is 126 cm³/mol. The molecular weight excluding hydrogens is 332 g/mol. The first-order chi connectivity index (χ1) is 12.9. The summed E-state index contributed by atoms with van der Waals surface area (Å²) in [6, 6.07) is 0. The summed E-state index contributed by atoms with van der Waals surface area (Å²) in [7, 11) is 0. The molecule has 0 aliphatic rings. The lowest BCUT2D eigenvalue weighted by Gasteiger charge is -2.04. The molecule has 0 bridgehead atoms. The highest BCUT2D eigenvalue weighted by Gasteiger charge is 1.95. The summed E-state index contributed by atoms with van der Waals surface area (Å²) in [6.45, 7) is 4.60. The Morgan fingerprint density at radius 2 is 0.538 bits per heavy atom. The zero-order valence-electron chi connectivity index (χ0n) is 18.7. The summed E-state index contributed by atoms with van der Waals surface area (Å²) in [4.78, 5) is 0. The Morgan fingerprint density at radius 1 is 0.308 bits per heavy atom. The molecule has 0 saturated heterocycles. The Labute approximate surface area is 172 Å². The molecule has 0 aromatic carbocycles. The van der Waals surface area contributed by atoms with Crippen molar-refractivity contribution in [3.05, 3.63) is 0 Å². The zero-order chi connectivity index (χ0) is 19.0. The Morgan fingerprint density at radius 3 is 0.808 bits per heavy atom. The van der Waals surface area contributed by atoms with Crippen molar-refractivity contribution >= 4 is 11.8 Å². The topological polar surface area (TPSA) is 0 Å². The maximum Gasteiger partial charge on any atom is -0.00675 e. The standard InChI is InChI=1S/C25H52S/c1-3-5-7-9-11-13-14-15-17-19-21-23-25-26-24-22-20-18-16-12-10-8-6-4-2/h3-25H2,1-2H3. The van der Waals surface area contributed by atoms with Gasteiger partial charge in [0.1, 0.15) is 0 Å². The summed E-state index contributed by atoms with van der Waals surface area (Å²) >= 11 is 2.21. The fraction of sp³-hybridized carbons (Fsp3) is 1.00. The van der Waals surface area contributed by atoms with Crippen LogP contribution in [0.25, 0.3) is 0 Å². The Hall–Kier alpha value is 0.350. The highest BCUT2D eigenvalue weighted by atomic mass is 32.2. The lowest BCUT2D eigenvalue weighted by atomic mass is 10.1. The van der Waals surface area contributed by atoms with Gasteiger partial charge < -0.3 is 0 Å². The van der Waals surface area contributed by atoms with E-state index in [9.17, 15) is 0 Å². The first-order valence-corrected chi connectivity index (χ1v) is 13.6. The average Bonchev–Trinajstić information content (AvgIpc) is 2.66. The Kier molecular flexibility index (Phi) is 25.7. The quantitative estimate of drug-likeness (QED) is 0.158. The van der Waals surface area contributed by atoms with Crippen LogP contribution in [0, 0.1) is 0 Å². The second-order valence-corrected chi connectivity index (χ2v) is 9.55. The van der Waals surface area contributed by atoms with E-state index in [-0.39, 0.29) is 0 Å². The molecule has 26 heavy (non-hydrogen) atoms. The minimum Gasteiger partial charge on any atom is -0.162 e. The number of hydrogen-bond donors (Lipinski definition) is 0. The van der Waals surface area contributed by atoms with Crippen LogP contribution in [-0.4, -0.2) is 11.5 Å². The largest absolute Gasteiger partial charge is 0.162 e. The van der Waals surface area contributed by atoms with Crippen LogP contribution in [0.2, 0.25) is 0 Å². The third kappa shape index (κ3) is 24.4. The lowest BCUT2D eigenvalue weighted by Crippen LogP contribution is -1.87. The van der Waals surface area contributed by atoms with E-state index in [1.54, 1.807) is 0 Å². The van der Waals surface area contributed by atoms with E-state index in [2.05, 4.69) is 25.6 Å². The molecule has 0 rings (SSSR count). The summed E-state index contributed by atoms with van der Waals surface area (Å²) in [5, 5.41) is 0. The lowest BCUT2D eigenvalue weighted by molar-refractivity contribution is 0.548. The molecule has 0 aromatic rings. The van der Waals surface area contributed by atoms with Crippen LogP contribution in [0.4, 0.5) is 0 Å². The van der Waals surface area contributed by atoms with Crippen molar-refractivity contribution in [2.45, 2.75) is 149 Å². The van der Waals surface area contributed by atoms with Crippen LogP contribution in [0.1, 0.15) is 149 Å². The van der Waals surface area contributed by atoms with Crippen molar-refractivity contribution in [1.82, 2.24) is 0 Å². The van der Waals surface area contributed by atoms with E-state index in [1.165, 1.54) is 146 Å². The van der Waals surface area contributed by atoms with Gasteiger partial charge in [0.05, 0.1) is 0 Å². The molecule has 0 N–H and O–H groups in total. The number of thioether (sulfide) groups is 1. The van der Waals surface area contributed by atoms with Gasteiger partial charge in [0, 0.05) is 0 Å². The van der Waals surface area contributed by atoms with Crippen LogP contribution >= 0.6 is 11.8 Å². The van der Waals surface area contributed by atoms with Crippen LogP contribution in [0.5, 0.6) is 0 Å². The first-order valence-electron chi connectivity index (χ1n) is 12.5. The molecule has 0 fully saturated rings. The maximum atomic E-state index is 2.30. The Balaban J connectivity index is 2.95. The predicted octanol–water partition coefficient (Wildman–Crippen LogP) is 9.95. The van der Waals surface area contributed by atoms with Gasteiger partial charge in [-0.2, -0.15) is 11.8 Å². The molecule has 0 saturated carbocycles. The smallest absolute Gasteiger partial charge is 0.00675 e. The molecule has 0 amide bonds. The SMILES string of the molecule is CCCCCCCCCCCCCCSCCCCCCCCCCC. The second-order valence-electron chi connectivity index (χ2n) is 8.33. The van der Waals surface area contributed by atoms with Crippen molar-refractivity contribution in [2.75, 3.05) is 11.5 Å². The molecule has 0 nitrogen and oxygen atoms in total. The fourth-order valence-electron chi connectivity index (χ4n) is 3.66. The van der Waals surface area contributed by atoms with Crippen LogP contribution in [-0.2, 0) is 0 Å². The molecule has 0 aliphatic carbocycles. The van der Waals surface area contributed by atoms with Gasteiger partial charge in [-0.05, 0) is 24.3 Å². The van der Waals surface area contributed by atoms with Gasteiger partial charge in [0.15, 0.2) is 0 Å². The maximum absolute atomic E-state index is 2.30. The fourth-order valence-corrected chi connectivity index (χ4v) is 4.68. The van der Waals surface area contributed by atoms with Crippen molar-refractivity contribution in [3.63, 3.8) is 0 Å². The van der Waals surface area contributed by atoms with Crippen molar-refractivity contribution in [2.24, 2.45) is 0 Å². The van der Waals surface area contributed by atoms with Crippen LogP contribution < -0.4 is 0 Å². The molecule has 0 radical (unpaired) electrons. The molecule has 0 unspecified atom stereocenters. The highest BCUT2D eigenvalue weighted by Crippen LogP contribution is 2.15. The number of unbranched alkanes of at least 4 members (excludes halogenated alkanes) is 19. The van der Waals surface area contributed by atoms with E-state index in [0.717, 1.165) is 0 Å². The zero-order valence-corrected chi connectivity index (χ0v) is 19.5. The average molecular weight is 385 g/mol. The molecule has 0 aliphatic heterocycles. The minimum absolute atomic E-state index is 1.37. The monoisotopic (exact) mass is 384 g/mol. The molecular formula is C25H52S. The van der Waals surface area contributed by atoms with E-state index >= 15 is 0 Å². The van der Waals surface area contributed by atoms with Gasteiger partial charge in [-0.25, -0.2) is 0 Å². The van der Waals surface area contributed by atoms with Gasteiger partial charge in [-0.1, -0.05) is 136 Å². The first kappa shape index (κ1) is 26.4. The molecule has 1 heteroatoms. The summed E-state index contributed by atoms with van der Waals surface area (Å²) in [5.41, 5.74) is 0. The van der Waals surface area contributed by atoms with Gasteiger partial charge >= 0.3 is 0 Å². The summed E-state index contributed by atoms with van der Waals surface area (Å²) < 4.78 is 0. The van der Waals surface area contributed by atoms with Crippen LogP contribution in [0.3, 0.4) is 0 Å². The minimum atomic E-state index is 1.37. The number of rotatable bonds is 23. The molecule has 0 spiro atoms. The van der Waals surface area contributed by atoms with Crippen molar-refractivity contribution < 1.29 is 0 Å². The second kappa shape index (κ2) is 25.4. The summed E-state index contributed by atoms with van der Waals surface area (Å²) in [6.07, 6.45) is 30.7. The molecule has 0 aromatic heterocycles. The van der Waals surface area contributed by atoms with Crippen LogP contribution in [0.15, 0.2) is 0 Å².